The Kier molecular flexibility index (Phi) is 4.48. The van der Waals surface area contributed by atoms with Crippen molar-refractivity contribution in [3.8, 4) is 11.5 Å². The van der Waals surface area contributed by atoms with Gasteiger partial charge >= 0.3 is 0 Å². The molecule has 0 amide bonds. The van der Waals surface area contributed by atoms with E-state index in [1.807, 2.05) is 6.07 Å². The van der Waals surface area contributed by atoms with Gasteiger partial charge in [0.2, 0.25) is 10.0 Å². The number of fused-ring (bicyclic) bond motifs is 1. The smallest absolute Gasteiger partial charge is 0.243 e. The third-order valence-corrected chi connectivity index (χ3v) is 5.55. The summed E-state index contributed by atoms with van der Waals surface area (Å²) in [5.74, 6) is 1.32. The Morgan fingerprint density at radius 1 is 1.09 bits per heavy atom. The van der Waals surface area contributed by atoms with Crippen LogP contribution in [-0.2, 0) is 16.6 Å². The summed E-state index contributed by atoms with van der Waals surface area (Å²) in [7, 11) is -2.07. The Labute approximate surface area is 140 Å². The third-order valence-electron chi connectivity index (χ3n) is 3.52. The first kappa shape index (κ1) is 16.1. The van der Waals surface area contributed by atoms with Crippen LogP contribution in [0.25, 0.3) is 0 Å². The van der Waals surface area contributed by atoms with E-state index in [-0.39, 0.29) is 11.4 Å². The van der Waals surface area contributed by atoms with E-state index in [0.29, 0.717) is 29.7 Å². The highest BCUT2D eigenvalue weighted by molar-refractivity contribution is 7.89. The van der Waals surface area contributed by atoms with Crippen molar-refractivity contribution >= 4 is 21.6 Å². The van der Waals surface area contributed by atoms with Gasteiger partial charge in [0.1, 0.15) is 13.2 Å². The first-order valence-corrected chi connectivity index (χ1v) is 8.89. The Morgan fingerprint density at radius 2 is 1.83 bits per heavy atom. The molecule has 3 rings (SSSR count). The lowest BCUT2D eigenvalue weighted by atomic mass is 10.2. The highest BCUT2D eigenvalue weighted by Crippen LogP contribution is 2.31. The molecule has 0 fully saturated rings. The SMILES string of the molecule is CN(Cc1ccc2c(c1)OCCO2)S(=O)(=O)c1cccc(Cl)c1. The van der Waals surface area contributed by atoms with Crippen LogP contribution in [-0.4, -0.2) is 33.0 Å². The highest BCUT2D eigenvalue weighted by atomic mass is 35.5. The predicted octanol–water partition coefficient (Wildman–Crippen LogP) is 2.93. The molecule has 1 aliphatic rings. The van der Waals surface area contributed by atoms with Crippen molar-refractivity contribution in [3.05, 3.63) is 53.1 Å². The molecule has 0 spiro atoms. The molecule has 0 saturated carbocycles. The molecule has 2 aromatic carbocycles. The monoisotopic (exact) mass is 353 g/mol. The van der Waals surface area contributed by atoms with Gasteiger partial charge < -0.3 is 9.47 Å². The Hall–Kier alpha value is -1.76. The fraction of sp³-hybridized carbons (Fsp3) is 0.250. The van der Waals surface area contributed by atoms with Crippen molar-refractivity contribution in [2.75, 3.05) is 20.3 Å². The van der Waals surface area contributed by atoms with E-state index in [9.17, 15) is 8.42 Å². The van der Waals surface area contributed by atoms with Crippen molar-refractivity contribution in [2.45, 2.75) is 11.4 Å². The molecule has 1 aliphatic heterocycles. The number of nitrogens with zero attached hydrogens (tertiary/aromatic N) is 1. The second-order valence-corrected chi connectivity index (χ2v) is 7.68. The molecule has 0 saturated heterocycles. The summed E-state index contributed by atoms with van der Waals surface area (Å²) in [6.45, 7) is 1.24. The van der Waals surface area contributed by atoms with Crippen LogP contribution in [0, 0.1) is 0 Å². The van der Waals surface area contributed by atoms with Crippen molar-refractivity contribution in [3.63, 3.8) is 0 Å². The van der Waals surface area contributed by atoms with Crippen LogP contribution in [0.1, 0.15) is 5.56 Å². The summed E-state index contributed by atoms with van der Waals surface area (Å²) < 4.78 is 37.4. The van der Waals surface area contributed by atoms with Crippen LogP contribution in [0.4, 0.5) is 0 Å². The zero-order valence-electron chi connectivity index (χ0n) is 12.5. The van der Waals surface area contributed by atoms with Gasteiger partial charge in [-0.3, -0.25) is 0 Å². The summed E-state index contributed by atoms with van der Waals surface area (Å²) >= 11 is 5.88. The summed E-state index contributed by atoms with van der Waals surface area (Å²) in [5, 5.41) is 0.388. The molecule has 0 atom stereocenters. The zero-order chi connectivity index (χ0) is 16.4. The molecule has 0 bridgehead atoms. The highest BCUT2D eigenvalue weighted by Gasteiger charge is 2.22. The maximum absolute atomic E-state index is 12.6. The molecule has 0 aliphatic carbocycles. The molecule has 0 N–H and O–H groups in total. The molecular weight excluding hydrogens is 338 g/mol. The topological polar surface area (TPSA) is 55.8 Å². The predicted molar refractivity (Wildman–Crippen MR) is 87.5 cm³/mol. The van der Waals surface area contributed by atoms with Crippen LogP contribution in [0.2, 0.25) is 5.02 Å². The Bertz CT molecular complexity index is 823. The van der Waals surface area contributed by atoms with E-state index < -0.39 is 10.0 Å². The second-order valence-electron chi connectivity index (χ2n) is 5.20. The normalized spacial score (nSPS) is 14.0. The van der Waals surface area contributed by atoms with Gasteiger partial charge in [-0.1, -0.05) is 23.7 Å². The van der Waals surface area contributed by atoms with Gasteiger partial charge in [0.05, 0.1) is 4.90 Å². The summed E-state index contributed by atoms with van der Waals surface area (Å²) in [6, 6.07) is 11.7. The molecule has 0 unspecified atom stereocenters. The van der Waals surface area contributed by atoms with Gasteiger partial charge in [-0.15, -0.1) is 0 Å². The van der Waals surface area contributed by atoms with Gasteiger partial charge in [-0.25, -0.2) is 8.42 Å². The van der Waals surface area contributed by atoms with Gasteiger partial charge in [0.25, 0.3) is 0 Å². The summed E-state index contributed by atoms with van der Waals surface area (Å²) in [5.41, 5.74) is 0.822. The summed E-state index contributed by atoms with van der Waals surface area (Å²) in [4.78, 5) is 0.171. The van der Waals surface area contributed by atoms with E-state index in [4.69, 9.17) is 21.1 Å². The minimum Gasteiger partial charge on any atom is -0.486 e. The zero-order valence-corrected chi connectivity index (χ0v) is 14.1. The average Bonchev–Trinajstić information content (AvgIpc) is 2.54. The van der Waals surface area contributed by atoms with Crippen LogP contribution < -0.4 is 9.47 Å². The van der Waals surface area contributed by atoms with Crippen molar-refractivity contribution in [2.24, 2.45) is 0 Å². The number of sulfonamides is 1. The molecule has 0 aromatic heterocycles. The van der Waals surface area contributed by atoms with Crippen LogP contribution in [0.5, 0.6) is 11.5 Å². The van der Waals surface area contributed by atoms with E-state index >= 15 is 0 Å². The lowest BCUT2D eigenvalue weighted by Crippen LogP contribution is -2.26. The van der Waals surface area contributed by atoms with Crippen molar-refractivity contribution < 1.29 is 17.9 Å². The molecule has 2 aromatic rings. The molecule has 23 heavy (non-hydrogen) atoms. The van der Waals surface area contributed by atoms with E-state index in [1.165, 1.54) is 23.5 Å². The van der Waals surface area contributed by atoms with E-state index in [0.717, 1.165) is 5.56 Å². The van der Waals surface area contributed by atoms with Gasteiger partial charge in [-0.05, 0) is 35.9 Å². The second kappa shape index (κ2) is 6.39. The molecule has 1 heterocycles. The third kappa shape index (κ3) is 3.44. The van der Waals surface area contributed by atoms with E-state index in [2.05, 4.69) is 0 Å². The van der Waals surface area contributed by atoms with Crippen LogP contribution >= 0.6 is 11.6 Å². The average molecular weight is 354 g/mol. The molecule has 7 heteroatoms. The standard InChI is InChI=1S/C16H16ClNO4S/c1-18(23(19,20)14-4-2-3-13(17)10-14)11-12-5-6-15-16(9-12)22-8-7-21-15/h2-6,9-10H,7-8,11H2,1H3. The number of halogens is 1. The Balaban J connectivity index is 1.82. The van der Waals surface area contributed by atoms with E-state index in [1.54, 1.807) is 24.3 Å². The number of benzene rings is 2. The molecule has 5 nitrogen and oxygen atoms in total. The van der Waals surface area contributed by atoms with Gasteiger partial charge in [-0.2, -0.15) is 4.31 Å². The fourth-order valence-corrected chi connectivity index (χ4v) is 3.80. The number of ether oxygens (including phenoxy) is 2. The molecule has 0 radical (unpaired) electrons. The fourth-order valence-electron chi connectivity index (χ4n) is 2.34. The van der Waals surface area contributed by atoms with Crippen molar-refractivity contribution in [1.82, 2.24) is 4.31 Å². The van der Waals surface area contributed by atoms with Gasteiger partial charge in [0.15, 0.2) is 11.5 Å². The number of rotatable bonds is 4. The lowest BCUT2D eigenvalue weighted by Gasteiger charge is -2.21. The van der Waals surface area contributed by atoms with Gasteiger partial charge in [0, 0.05) is 18.6 Å². The summed E-state index contributed by atoms with van der Waals surface area (Å²) in [6.07, 6.45) is 0. The van der Waals surface area contributed by atoms with Crippen molar-refractivity contribution in [1.29, 1.82) is 0 Å². The maximum Gasteiger partial charge on any atom is 0.243 e. The lowest BCUT2D eigenvalue weighted by molar-refractivity contribution is 0.171. The maximum atomic E-state index is 12.6. The first-order valence-electron chi connectivity index (χ1n) is 7.07. The minimum absolute atomic E-state index is 0.171. The molecular formula is C16H16ClNO4S. The van der Waals surface area contributed by atoms with Crippen LogP contribution in [0.3, 0.4) is 0 Å². The number of hydrogen-bond acceptors (Lipinski definition) is 4. The van der Waals surface area contributed by atoms with Crippen LogP contribution in [0.15, 0.2) is 47.4 Å². The quantitative estimate of drug-likeness (QED) is 0.848. The largest absolute Gasteiger partial charge is 0.486 e. The Morgan fingerprint density at radius 3 is 2.57 bits per heavy atom. The minimum atomic E-state index is -3.60. The molecule has 122 valence electrons. The number of hydrogen-bond donors (Lipinski definition) is 0. The first-order chi connectivity index (χ1) is 11.0.